The predicted octanol–water partition coefficient (Wildman–Crippen LogP) is 1.18. The summed E-state index contributed by atoms with van der Waals surface area (Å²) in [7, 11) is 2.01. The van der Waals surface area contributed by atoms with Crippen molar-refractivity contribution < 1.29 is 4.39 Å². The monoisotopic (exact) mass is 194 g/mol. The average Bonchev–Trinajstić information content (AvgIpc) is 2.46. The van der Waals surface area contributed by atoms with E-state index in [2.05, 4.69) is 4.90 Å². The highest BCUT2D eigenvalue weighted by molar-refractivity contribution is 5.25. The van der Waals surface area contributed by atoms with Crippen LogP contribution in [0.5, 0.6) is 0 Å². The van der Waals surface area contributed by atoms with Gasteiger partial charge in [-0.3, -0.25) is 0 Å². The summed E-state index contributed by atoms with van der Waals surface area (Å²) in [5.74, 6) is 0.00412. The third-order valence-corrected chi connectivity index (χ3v) is 2.85. The number of rotatable bonds is 1. The molecule has 1 aromatic rings. The van der Waals surface area contributed by atoms with E-state index < -0.39 is 0 Å². The Bertz CT molecular complexity index is 327. The van der Waals surface area contributed by atoms with Crippen molar-refractivity contribution >= 4 is 0 Å². The quantitative estimate of drug-likeness (QED) is 0.727. The first kappa shape index (κ1) is 9.62. The van der Waals surface area contributed by atoms with Gasteiger partial charge < -0.3 is 10.6 Å². The summed E-state index contributed by atoms with van der Waals surface area (Å²) in [6.07, 6.45) is 0. The van der Waals surface area contributed by atoms with Crippen LogP contribution in [0.25, 0.3) is 0 Å². The molecular weight excluding hydrogens is 179 g/mol. The molecule has 2 atom stereocenters. The van der Waals surface area contributed by atoms with Gasteiger partial charge in [-0.15, -0.1) is 0 Å². The highest BCUT2D eigenvalue weighted by Gasteiger charge is 2.30. The van der Waals surface area contributed by atoms with Crippen molar-refractivity contribution in [2.24, 2.45) is 5.73 Å². The van der Waals surface area contributed by atoms with Crippen LogP contribution < -0.4 is 5.73 Å². The van der Waals surface area contributed by atoms with Crippen LogP contribution in [0.1, 0.15) is 11.5 Å². The molecule has 2 N–H and O–H groups in total. The Morgan fingerprint density at radius 2 is 2.07 bits per heavy atom. The molecule has 1 fully saturated rings. The predicted molar refractivity (Wildman–Crippen MR) is 54.6 cm³/mol. The molecule has 2 rings (SSSR count). The lowest BCUT2D eigenvalue weighted by atomic mass is 9.94. The highest BCUT2D eigenvalue weighted by Crippen LogP contribution is 2.27. The Morgan fingerprint density at radius 3 is 2.64 bits per heavy atom. The molecule has 0 bridgehead atoms. The van der Waals surface area contributed by atoms with Crippen molar-refractivity contribution in [2.75, 3.05) is 20.1 Å². The molecule has 0 amide bonds. The largest absolute Gasteiger partial charge is 0.326 e. The molecule has 0 saturated carbocycles. The van der Waals surface area contributed by atoms with Gasteiger partial charge in [0, 0.05) is 25.0 Å². The zero-order valence-electron chi connectivity index (χ0n) is 8.28. The van der Waals surface area contributed by atoms with Crippen LogP contribution in [0.4, 0.5) is 4.39 Å². The molecule has 2 nitrogen and oxygen atoms in total. The van der Waals surface area contributed by atoms with Crippen molar-refractivity contribution in [1.29, 1.82) is 0 Å². The zero-order chi connectivity index (χ0) is 10.1. The lowest BCUT2D eigenvalue weighted by molar-refractivity contribution is 0.406. The molecule has 0 aromatic heterocycles. The first-order valence-electron chi connectivity index (χ1n) is 4.87. The number of nitrogens with two attached hydrogens (primary N) is 1. The zero-order valence-corrected chi connectivity index (χ0v) is 8.28. The van der Waals surface area contributed by atoms with Crippen LogP contribution in [0.2, 0.25) is 0 Å². The average molecular weight is 194 g/mol. The second-order valence-corrected chi connectivity index (χ2v) is 4.01. The number of hydrogen-bond donors (Lipinski definition) is 1. The first-order valence-corrected chi connectivity index (χ1v) is 4.87. The van der Waals surface area contributed by atoms with Crippen molar-refractivity contribution in [1.82, 2.24) is 4.90 Å². The summed E-state index contributed by atoms with van der Waals surface area (Å²) in [6, 6.07) is 6.96. The maximum Gasteiger partial charge on any atom is 0.126 e. The third kappa shape index (κ3) is 1.65. The Kier molecular flexibility index (Phi) is 2.52. The maximum absolute atomic E-state index is 13.5. The van der Waals surface area contributed by atoms with Crippen molar-refractivity contribution in [3.8, 4) is 0 Å². The van der Waals surface area contributed by atoms with Crippen molar-refractivity contribution in [3.05, 3.63) is 35.6 Å². The second kappa shape index (κ2) is 3.67. The van der Waals surface area contributed by atoms with Crippen LogP contribution >= 0.6 is 0 Å². The molecular formula is C11H15FN2. The minimum Gasteiger partial charge on any atom is -0.326 e. The highest BCUT2D eigenvalue weighted by atomic mass is 19.1. The summed E-state index contributed by atoms with van der Waals surface area (Å²) >= 11 is 0. The maximum atomic E-state index is 13.5. The van der Waals surface area contributed by atoms with E-state index in [1.807, 2.05) is 19.2 Å². The summed E-state index contributed by atoms with van der Waals surface area (Å²) in [4.78, 5) is 2.14. The van der Waals surface area contributed by atoms with Gasteiger partial charge in [-0.25, -0.2) is 4.39 Å². The lowest BCUT2D eigenvalue weighted by Crippen LogP contribution is -2.28. The summed E-state index contributed by atoms with van der Waals surface area (Å²) in [5.41, 5.74) is 6.72. The van der Waals surface area contributed by atoms with Gasteiger partial charge in [-0.2, -0.15) is 0 Å². The fourth-order valence-corrected chi connectivity index (χ4v) is 2.14. The van der Waals surface area contributed by atoms with Gasteiger partial charge in [0.05, 0.1) is 0 Å². The van der Waals surface area contributed by atoms with Crippen LogP contribution in [0, 0.1) is 5.82 Å². The van der Waals surface area contributed by atoms with Gasteiger partial charge in [0.25, 0.3) is 0 Å². The van der Waals surface area contributed by atoms with Gasteiger partial charge in [0.1, 0.15) is 5.82 Å². The van der Waals surface area contributed by atoms with Gasteiger partial charge in [0.15, 0.2) is 0 Å². The van der Waals surface area contributed by atoms with Crippen LogP contribution in [0.3, 0.4) is 0 Å². The first-order chi connectivity index (χ1) is 6.68. The third-order valence-electron chi connectivity index (χ3n) is 2.85. The molecule has 0 unspecified atom stereocenters. The van der Waals surface area contributed by atoms with Crippen molar-refractivity contribution in [2.45, 2.75) is 12.0 Å². The fraction of sp³-hybridized carbons (Fsp3) is 0.455. The van der Waals surface area contributed by atoms with Gasteiger partial charge >= 0.3 is 0 Å². The number of likely N-dealkylation sites (tertiary alicyclic amines) is 1. The van der Waals surface area contributed by atoms with E-state index in [4.69, 9.17) is 5.73 Å². The molecule has 0 spiro atoms. The molecule has 0 aliphatic carbocycles. The molecule has 1 aliphatic rings. The van der Waals surface area contributed by atoms with E-state index in [1.165, 1.54) is 6.07 Å². The van der Waals surface area contributed by atoms with Crippen molar-refractivity contribution in [3.63, 3.8) is 0 Å². The molecule has 1 saturated heterocycles. The fourth-order valence-electron chi connectivity index (χ4n) is 2.14. The standard InChI is InChI=1S/C11H15FN2/c1-14-6-9(11(13)7-14)8-4-2-3-5-10(8)12/h2-5,9,11H,6-7,13H2,1H3/t9-,11-/m1/s1. The smallest absolute Gasteiger partial charge is 0.126 e. The van der Waals surface area contributed by atoms with Crippen LogP contribution in [0.15, 0.2) is 24.3 Å². The number of hydrogen-bond acceptors (Lipinski definition) is 2. The topological polar surface area (TPSA) is 29.3 Å². The molecule has 0 radical (unpaired) electrons. The van der Waals surface area contributed by atoms with Crippen LogP contribution in [-0.2, 0) is 0 Å². The summed E-state index contributed by atoms with van der Waals surface area (Å²) in [5, 5.41) is 0. The molecule has 1 aromatic carbocycles. The minimum absolute atomic E-state index is 0.0527. The van der Waals surface area contributed by atoms with E-state index in [1.54, 1.807) is 6.07 Å². The Hall–Kier alpha value is -0.930. The number of likely N-dealkylation sites (N-methyl/N-ethyl adjacent to an activating group) is 1. The molecule has 76 valence electrons. The van der Waals surface area contributed by atoms with E-state index in [0.717, 1.165) is 18.7 Å². The van der Waals surface area contributed by atoms with E-state index >= 15 is 0 Å². The molecule has 14 heavy (non-hydrogen) atoms. The lowest BCUT2D eigenvalue weighted by Gasteiger charge is -2.15. The number of benzene rings is 1. The van der Waals surface area contributed by atoms with Gasteiger partial charge in [0.2, 0.25) is 0 Å². The van der Waals surface area contributed by atoms with Gasteiger partial charge in [-0.1, -0.05) is 18.2 Å². The van der Waals surface area contributed by atoms with E-state index in [-0.39, 0.29) is 17.8 Å². The Labute approximate surface area is 83.5 Å². The molecule has 1 heterocycles. The molecule has 1 aliphatic heterocycles. The minimum atomic E-state index is -0.136. The Morgan fingerprint density at radius 1 is 1.36 bits per heavy atom. The molecule has 3 heteroatoms. The van der Waals surface area contributed by atoms with E-state index in [0.29, 0.717) is 0 Å². The van der Waals surface area contributed by atoms with E-state index in [9.17, 15) is 4.39 Å². The number of nitrogens with zero attached hydrogens (tertiary/aromatic N) is 1. The SMILES string of the molecule is CN1C[C@@H](N)[C@@H](c2ccccc2F)C1. The van der Waals surface area contributed by atoms with Crippen LogP contribution in [-0.4, -0.2) is 31.1 Å². The summed E-state index contributed by atoms with van der Waals surface area (Å²) < 4.78 is 13.5. The van der Waals surface area contributed by atoms with Gasteiger partial charge in [-0.05, 0) is 18.7 Å². The second-order valence-electron chi connectivity index (χ2n) is 4.01. The normalized spacial score (nSPS) is 28.2. The summed E-state index contributed by atoms with van der Waals surface area (Å²) in [6.45, 7) is 1.70. The number of halogens is 1. The Balaban J connectivity index is 2.27.